The van der Waals surface area contributed by atoms with Gasteiger partial charge in [0.25, 0.3) is 0 Å². The van der Waals surface area contributed by atoms with Crippen molar-refractivity contribution in [2.75, 3.05) is 31.3 Å². The molecule has 0 aliphatic carbocycles. The summed E-state index contributed by atoms with van der Waals surface area (Å²) in [6.07, 6.45) is 2.62. The van der Waals surface area contributed by atoms with Crippen molar-refractivity contribution in [3.05, 3.63) is 12.2 Å². The fourth-order valence-corrected chi connectivity index (χ4v) is 2.59. The molecular weight excluding hydrogens is 194 g/mol. The van der Waals surface area contributed by atoms with Crippen molar-refractivity contribution < 1.29 is 4.74 Å². The zero-order chi connectivity index (χ0) is 10.2. The van der Waals surface area contributed by atoms with Crippen LogP contribution < -0.4 is 5.32 Å². The molecule has 0 spiro atoms. The van der Waals surface area contributed by atoms with E-state index in [0.29, 0.717) is 6.61 Å². The van der Waals surface area contributed by atoms with Crippen LogP contribution in [0.5, 0.6) is 0 Å². The van der Waals surface area contributed by atoms with Gasteiger partial charge in [0, 0.05) is 12.6 Å². The number of hydrogen-bond acceptors (Lipinski definition) is 3. The lowest BCUT2D eigenvalue weighted by molar-refractivity contribution is 0.155. The van der Waals surface area contributed by atoms with Gasteiger partial charge in [-0.15, -0.1) is 0 Å². The van der Waals surface area contributed by atoms with Crippen LogP contribution in [0.4, 0.5) is 0 Å². The predicted octanol–water partition coefficient (Wildman–Crippen LogP) is 2.06. The third-order valence-corrected chi connectivity index (χ3v) is 3.30. The molecule has 1 heterocycles. The monoisotopic (exact) mass is 215 g/mol. The maximum Gasteiger partial charge on any atom is 0.0672 e. The highest BCUT2D eigenvalue weighted by atomic mass is 32.2. The van der Waals surface area contributed by atoms with Crippen LogP contribution in [0, 0.1) is 0 Å². The first kappa shape index (κ1) is 12.1. The lowest BCUT2D eigenvalue weighted by Crippen LogP contribution is -2.34. The minimum absolute atomic E-state index is 0.697. The minimum atomic E-state index is 0.697. The number of thioether (sulfide) groups is 1. The van der Waals surface area contributed by atoms with Gasteiger partial charge >= 0.3 is 0 Å². The van der Waals surface area contributed by atoms with E-state index in [2.05, 4.69) is 23.7 Å². The first-order chi connectivity index (χ1) is 6.79. The second-order valence-corrected chi connectivity index (χ2v) is 5.08. The van der Waals surface area contributed by atoms with Gasteiger partial charge in [0.2, 0.25) is 0 Å². The smallest absolute Gasteiger partial charge is 0.0672 e. The molecule has 0 radical (unpaired) electrons. The SMILES string of the molecule is C=C(C)COCCNC1CCSCC1. The van der Waals surface area contributed by atoms with Gasteiger partial charge < -0.3 is 10.1 Å². The lowest BCUT2D eigenvalue weighted by Gasteiger charge is -2.22. The summed E-state index contributed by atoms with van der Waals surface area (Å²) in [5.41, 5.74) is 1.10. The maximum atomic E-state index is 5.42. The first-order valence-corrected chi connectivity index (χ1v) is 6.48. The highest BCUT2D eigenvalue weighted by molar-refractivity contribution is 7.99. The zero-order valence-electron chi connectivity index (χ0n) is 9.05. The molecule has 1 N–H and O–H groups in total. The van der Waals surface area contributed by atoms with Crippen molar-refractivity contribution in [1.29, 1.82) is 0 Å². The summed E-state index contributed by atoms with van der Waals surface area (Å²) in [5, 5.41) is 3.53. The van der Waals surface area contributed by atoms with Gasteiger partial charge in [-0.25, -0.2) is 0 Å². The summed E-state index contributed by atoms with van der Waals surface area (Å²) in [7, 11) is 0. The van der Waals surface area contributed by atoms with Crippen LogP contribution in [0.1, 0.15) is 19.8 Å². The molecule has 0 saturated carbocycles. The Kier molecular flexibility index (Phi) is 6.32. The van der Waals surface area contributed by atoms with Gasteiger partial charge in [-0.05, 0) is 31.3 Å². The summed E-state index contributed by atoms with van der Waals surface area (Å²) in [4.78, 5) is 0. The number of hydrogen-bond donors (Lipinski definition) is 1. The Morgan fingerprint density at radius 2 is 2.21 bits per heavy atom. The van der Waals surface area contributed by atoms with Crippen LogP contribution in [0.25, 0.3) is 0 Å². The maximum absolute atomic E-state index is 5.42. The summed E-state index contributed by atoms with van der Waals surface area (Å²) < 4.78 is 5.42. The summed E-state index contributed by atoms with van der Waals surface area (Å²) in [6.45, 7) is 8.26. The molecule has 2 nitrogen and oxygen atoms in total. The third kappa shape index (κ3) is 5.68. The van der Waals surface area contributed by atoms with Crippen molar-refractivity contribution in [2.45, 2.75) is 25.8 Å². The van der Waals surface area contributed by atoms with Gasteiger partial charge in [-0.2, -0.15) is 11.8 Å². The van der Waals surface area contributed by atoms with E-state index >= 15 is 0 Å². The molecule has 0 atom stereocenters. The first-order valence-electron chi connectivity index (χ1n) is 5.32. The number of rotatable bonds is 6. The van der Waals surface area contributed by atoms with E-state index in [1.807, 2.05) is 6.92 Å². The fourth-order valence-electron chi connectivity index (χ4n) is 1.48. The van der Waals surface area contributed by atoms with Gasteiger partial charge in [0.15, 0.2) is 0 Å². The van der Waals surface area contributed by atoms with Crippen LogP contribution in [0.15, 0.2) is 12.2 Å². The lowest BCUT2D eigenvalue weighted by atomic mass is 10.1. The van der Waals surface area contributed by atoms with Gasteiger partial charge in [0.1, 0.15) is 0 Å². The summed E-state index contributed by atoms with van der Waals surface area (Å²) >= 11 is 2.06. The molecule has 1 rings (SSSR count). The van der Waals surface area contributed by atoms with Gasteiger partial charge in [-0.3, -0.25) is 0 Å². The molecule has 0 bridgehead atoms. The van der Waals surface area contributed by atoms with E-state index in [1.165, 1.54) is 24.3 Å². The van der Waals surface area contributed by atoms with Crippen LogP contribution in [0.2, 0.25) is 0 Å². The molecule has 82 valence electrons. The van der Waals surface area contributed by atoms with Crippen molar-refractivity contribution >= 4 is 11.8 Å². The van der Waals surface area contributed by atoms with Gasteiger partial charge in [0.05, 0.1) is 13.2 Å². The second kappa shape index (κ2) is 7.32. The van der Waals surface area contributed by atoms with E-state index in [1.54, 1.807) is 0 Å². The minimum Gasteiger partial charge on any atom is -0.376 e. The van der Waals surface area contributed by atoms with Crippen molar-refractivity contribution in [2.24, 2.45) is 0 Å². The van der Waals surface area contributed by atoms with Crippen molar-refractivity contribution in [1.82, 2.24) is 5.32 Å². The molecular formula is C11H21NOS. The Morgan fingerprint density at radius 3 is 2.86 bits per heavy atom. The molecule has 0 amide bonds. The molecule has 0 aromatic carbocycles. The standard InChI is InChI=1S/C11H21NOS/c1-10(2)9-13-6-5-12-11-3-7-14-8-4-11/h11-12H,1,3-9H2,2H3. The molecule has 1 saturated heterocycles. The Morgan fingerprint density at radius 1 is 1.50 bits per heavy atom. The van der Waals surface area contributed by atoms with Gasteiger partial charge in [-0.1, -0.05) is 12.2 Å². The van der Waals surface area contributed by atoms with E-state index in [-0.39, 0.29) is 0 Å². The fraction of sp³-hybridized carbons (Fsp3) is 0.818. The third-order valence-electron chi connectivity index (χ3n) is 2.25. The average molecular weight is 215 g/mol. The quantitative estimate of drug-likeness (QED) is 0.541. The van der Waals surface area contributed by atoms with Crippen LogP contribution in [-0.4, -0.2) is 37.3 Å². The Labute approximate surface area is 91.5 Å². The highest BCUT2D eigenvalue weighted by Crippen LogP contribution is 2.16. The van der Waals surface area contributed by atoms with Crippen molar-refractivity contribution in [3.63, 3.8) is 0 Å². The van der Waals surface area contributed by atoms with E-state index in [9.17, 15) is 0 Å². The largest absolute Gasteiger partial charge is 0.376 e. The summed E-state index contributed by atoms with van der Waals surface area (Å²) in [5.74, 6) is 2.62. The van der Waals surface area contributed by atoms with Crippen LogP contribution >= 0.6 is 11.8 Å². The predicted molar refractivity (Wildman–Crippen MR) is 64.0 cm³/mol. The molecule has 3 heteroatoms. The summed E-state index contributed by atoms with van der Waals surface area (Å²) in [6, 6.07) is 0.727. The van der Waals surface area contributed by atoms with E-state index in [0.717, 1.165) is 24.8 Å². The Hall–Kier alpha value is 0.0100. The molecule has 0 unspecified atom stereocenters. The Balaban J connectivity index is 1.90. The Bertz CT molecular complexity index is 167. The van der Waals surface area contributed by atoms with Crippen molar-refractivity contribution in [3.8, 4) is 0 Å². The molecule has 0 aromatic rings. The normalized spacial score (nSPS) is 18.4. The van der Waals surface area contributed by atoms with Crippen LogP contribution in [0.3, 0.4) is 0 Å². The number of ether oxygens (including phenoxy) is 1. The average Bonchev–Trinajstić information content (AvgIpc) is 2.18. The molecule has 1 fully saturated rings. The zero-order valence-corrected chi connectivity index (χ0v) is 9.87. The topological polar surface area (TPSA) is 21.3 Å². The highest BCUT2D eigenvalue weighted by Gasteiger charge is 2.11. The van der Waals surface area contributed by atoms with E-state index in [4.69, 9.17) is 4.74 Å². The molecule has 1 aliphatic heterocycles. The van der Waals surface area contributed by atoms with E-state index < -0.39 is 0 Å². The molecule has 1 aliphatic rings. The second-order valence-electron chi connectivity index (χ2n) is 3.85. The van der Waals surface area contributed by atoms with Crippen LogP contribution in [-0.2, 0) is 4.74 Å². The number of nitrogens with one attached hydrogen (secondary N) is 1. The molecule has 0 aromatic heterocycles. The molecule has 14 heavy (non-hydrogen) atoms.